The number of hydrogen-bond donors (Lipinski definition) is 0. The lowest BCUT2D eigenvalue weighted by atomic mass is 9.91. The second-order valence-electron chi connectivity index (χ2n) is 7.57. The van der Waals surface area contributed by atoms with Crippen LogP contribution in [0.4, 0.5) is 0 Å². The summed E-state index contributed by atoms with van der Waals surface area (Å²) in [5, 5.41) is 8.37. The first kappa shape index (κ1) is 14.6. The molecule has 1 aromatic heterocycles. The van der Waals surface area contributed by atoms with Crippen molar-refractivity contribution in [2.45, 2.75) is 63.1 Å². The third kappa shape index (κ3) is 2.57. The van der Waals surface area contributed by atoms with Crippen LogP contribution in [0.1, 0.15) is 68.7 Å². The Hall–Kier alpha value is -1.69. The molecule has 0 radical (unpaired) electrons. The molecule has 1 amide bonds. The number of piperidine rings is 1. The molecule has 0 unspecified atom stereocenters. The molecule has 1 saturated carbocycles. The minimum atomic E-state index is -0.0965. The fraction of sp³-hybridized carbons (Fsp3) is 0.722. The minimum absolute atomic E-state index is 0.0965. The lowest BCUT2D eigenvalue weighted by Crippen LogP contribution is -2.45. The number of nitrogens with zero attached hydrogens (tertiary/aromatic N) is 3. The number of carbonyl (C=O) groups excluding carboxylic acids is 1. The molecule has 4 aliphatic rings. The van der Waals surface area contributed by atoms with E-state index in [1.165, 1.54) is 0 Å². The number of amides is 1. The Kier molecular flexibility index (Phi) is 3.47. The van der Waals surface area contributed by atoms with Crippen LogP contribution in [0.25, 0.3) is 0 Å². The Morgan fingerprint density at radius 1 is 1.21 bits per heavy atom. The predicted octanol–water partition coefficient (Wildman–Crippen LogP) is 2.74. The molecule has 0 spiro atoms. The first-order valence-corrected chi connectivity index (χ1v) is 9.25. The van der Waals surface area contributed by atoms with Gasteiger partial charge >= 0.3 is 0 Å². The highest BCUT2D eigenvalue weighted by molar-refractivity contribution is 5.93. The number of allylic oxidation sites excluding steroid dienone is 1. The molecule has 6 nitrogen and oxygen atoms in total. The molecule has 3 heterocycles. The van der Waals surface area contributed by atoms with Crippen molar-refractivity contribution in [1.82, 2.24) is 15.1 Å². The van der Waals surface area contributed by atoms with Crippen LogP contribution >= 0.6 is 0 Å². The van der Waals surface area contributed by atoms with Gasteiger partial charge in [0.25, 0.3) is 0 Å². The highest BCUT2D eigenvalue weighted by Crippen LogP contribution is 2.43. The number of ether oxygens (including phenoxy) is 1. The van der Waals surface area contributed by atoms with Gasteiger partial charge in [-0.1, -0.05) is 6.08 Å². The van der Waals surface area contributed by atoms with Crippen LogP contribution in [0.3, 0.4) is 0 Å². The SMILES string of the molecule is O=C(C1=CCCC1)N1CC[C@H]2C[C@H](c3nnc(C4CC4)o3)O[C@@H]2C1. The molecule has 2 aliphatic heterocycles. The average molecular weight is 329 g/mol. The van der Waals surface area contributed by atoms with E-state index < -0.39 is 0 Å². The van der Waals surface area contributed by atoms with Crippen molar-refractivity contribution < 1.29 is 13.9 Å². The summed E-state index contributed by atoms with van der Waals surface area (Å²) in [7, 11) is 0. The van der Waals surface area contributed by atoms with E-state index in [9.17, 15) is 4.79 Å². The monoisotopic (exact) mass is 329 g/mol. The number of fused-ring (bicyclic) bond motifs is 1. The second kappa shape index (κ2) is 5.69. The Labute approximate surface area is 141 Å². The second-order valence-corrected chi connectivity index (χ2v) is 7.57. The van der Waals surface area contributed by atoms with Gasteiger partial charge in [-0.2, -0.15) is 0 Å². The molecule has 3 atom stereocenters. The summed E-state index contributed by atoms with van der Waals surface area (Å²) in [6.07, 6.45) is 9.44. The van der Waals surface area contributed by atoms with Gasteiger partial charge in [-0.15, -0.1) is 10.2 Å². The van der Waals surface area contributed by atoms with Crippen LogP contribution in [-0.2, 0) is 9.53 Å². The quantitative estimate of drug-likeness (QED) is 0.853. The molecule has 2 aliphatic carbocycles. The smallest absolute Gasteiger partial charge is 0.249 e. The molecule has 0 N–H and O–H groups in total. The third-order valence-electron chi connectivity index (χ3n) is 5.81. The van der Waals surface area contributed by atoms with Gasteiger partial charge in [-0.3, -0.25) is 4.79 Å². The van der Waals surface area contributed by atoms with Gasteiger partial charge in [0.15, 0.2) is 0 Å². The predicted molar refractivity (Wildman–Crippen MR) is 85.1 cm³/mol. The Bertz CT molecular complexity index is 679. The normalized spacial score (nSPS) is 32.8. The summed E-state index contributed by atoms with van der Waals surface area (Å²) in [5.41, 5.74) is 0.994. The van der Waals surface area contributed by atoms with Crippen LogP contribution in [0.15, 0.2) is 16.1 Å². The molecule has 2 saturated heterocycles. The van der Waals surface area contributed by atoms with E-state index >= 15 is 0 Å². The van der Waals surface area contributed by atoms with Crippen LogP contribution in [0.2, 0.25) is 0 Å². The lowest BCUT2D eigenvalue weighted by Gasteiger charge is -2.34. The largest absolute Gasteiger partial charge is 0.422 e. The van der Waals surface area contributed by atoms with E-state index in [0.29, 0.717) is 24.3 Å². The molecular weight excluding hydrogens is 306 g/mol. The van der Waals surface area contributed by atoms with Crippen molar-refractivity contribution in [1.29, 1.82) is 0 Å². The minimum Gasteiger partial charge on any atom is -0.422 e. The van der Waals surface area contributed by atoms with Crippen LogP contribution < -0.4 is 0 Å². The molecule has 24 heavy (non-hydrogen) atoms. The van der Waals surface area contributed by atoms with Gasteiger partial charge in [0.1, 0.15) is 6.10 Å². The van der Waals surface area contributed by atoms with Crippen molar-refractivity contribution in [3.63, 3.8) is 0 Å². The van der Waals surface area contributed by atoms with E-state index in [1.807, 2.05) is 4.90 Å². The van der Waals surface area contributed by atoms with Crippen molar-refractivity contribution in [3.05, 3.63) is 23.4 Å². The molecule has 6 heteroatoms. The summed E-state index contributed by atoms with van der Waals surface area (Å²) in [6, 6.07) is 0. The molecule has 0 bridgehead atoms. The highest BCUT2D eigenvalue weighted by atomic mass is 16.5. The Balaban J connectivity index is 1.25. The van der Waals surface area contributed by atoms with Crippen LogP contribution in [0.5, 0.6) is 0 Å². The van der Waals surface area contributed by atoms with Crippen LogP contribution in [0, 0.1) is 5.92 Å². The van der Waals surface area contributed by atoms with Gasteiger partial charge in [-0.25, -0.2) is 0 Å². The standard InChI is InChI=1S/C18H23N3O3/c22-18(12-3-1-2-4-12)21-8-7-13-9-14(23-15(13)10-21)17-20-19-16(24-17)11-5-6-11/h3,11,13-15H,1-2,4-10H2/t13-,14+,15+/m0/s1. The molecule has 5 rings (SSSR count). The molecule has 128 valence electrons. The Morgan fingerprint density at radius 2 is 2.08 bits per heavy atom. The summed E-state index contributed by atoms with van der Waals surface area (Å²) in [5.74, 6) is 2.58. The van der Waals surface area contributed by atoms with Crippen molar-refractivity contribution in [2.24, 2.45) is 5.92 Å². The average Bonchev–Trinajstić information content (AvgIpc) is 3.06. The maximum atomic E-state index is 12.6. The molecular formula is C18H23N3O3. The fourth-order valence-corrected chi connectivity index (χ4v) is 4.21. The Morgan fingerprint density at radius 3 is 2.88 bits per heavy atom. The summed E-state index contributed by atoms with van der Waals surface area (Å²) < 4.78 is 12.0. The first-order valence-electron chi connectivity index (χ1n) is 9.25. The third-order valence-corrected chi connectivity index (χ3v) is 5.81. The zero-order valence-corrected chi connectivity index (χ0v) is 13.8. The lowest BCUT2D eigenvalue weighted by molar-refractivity contribution is -0.131. The maximum Gasteiger partial charge on any atom is 0.249 e. The van der Waals surface area contributed by atoms with Gasteiger partial charge in [0, 0.05) is 24.6 Å². The zero-order valence-electron chi connectivity index (χ0n) is 13.8. The van der Waals surface area contributed by atoms with Gasteiger partial charge in [0.05, 0.1) is 6.10 Å². The van der Waals surface area contributed by atoms with Gasteiger partial charge in [-0.05, 0) is 50.9 Å². The molecule has 0 aromatic carbocycles. The summed E-state index contributed by atoms with van der Waals surface area (Å²) in [4.78, 5) is 14.6. The number of likely N-dealkylation sites (tertiary alicyclic amines) is 1. The highest BCUT2D eigenvalue weighted by Gasteiger charge is 2.43. The zero-order chi connectivity index (χ0) is 16.1. The number of rotatable bonds is 3. The number of hydrogen-bond acceptors (Lipinski definition) is 5. The molecule has 1 aromatic rings. The molecule has 3 fully saturated rings. The van der Waals surface area contributed by atoms with E-state index in [2.05, 4.69) is 16.3 Å². The van der Waals surface area contributed by atoms with Crippen LogP contribution in [-0.4, -0.2) is 40.2 Å². The first-order chi connectivity index (χ1) is 11.8. The van der Waals surface area contributed by atoms with E-state index in [1.54, 1.807) is 0 Å². The van der Waals surface area contributed by atoms with Crippen molar-refractivity contribution in [2.75, 3.05) is 13.1 Å². The van der Waals surface area contributed by atoms with Crippen molar-refractivity contribution in [3.8, 4) is 0 Å². The summed E-state index contributed by atoms with van der Waals surface area (Å²) >= 11 is 0. The van der Waals surface area contributed by atoms with Crippen molar-refractivity contribution >= 4 is 5.91 Å². The van der Waals surface area contributed by atoms with Gasteiger partial charge in [0.2, 0.25) is 17.7 Å². The fourth-order valence-electron chi connectivity index (χ4n) is 4.21. The van der Waals surface area contributed by atoms with Gasteiger partial charge < -0.3 is 14.1 Å². The summed E-state index contributed by atoms with van der Waals surface area (Å²) in [6.45, 7) is 1.53. The van der Waals surface area contributed by atoms with E-state index in [0.717, 1.165) is 63.0 Å². The van der Waals surface area contributed by atoms with E-state index in [4.69, 9.17) is 9.15 Å². The van der Waals surface area contributed by atoms with E-state index in [-0.39, 0.29) is 18.1 Å². The number of aromatic nitrogens is 2. The number of carbonyl (C=O) groups is 1. The maximum absolute atomic E-state index is 12.6. The topological polar surface area (TPSA) is 68.5 Å².